The van der Waals surface area contributed by atoms with E-state index in [0.29, 0.717) is 5.02 Å². The highest BCUT2D eigenvalue weighted by atomic mass is 35.5. The molecule has 3 rings (SSSR count). The van der Waals surface area contributed by atoms with Crippen LogP contribution >= 0.6 is 11.6 Å². The van der Waals surface area contributed by atoms with E-state index in [0.717, 1.165) is 24.3 Å². The predicted octanol–water partition coefficient (Wildman–Crippen LogP) is 5.28. The van der Waals surface area contributed by atoms with Crippen LogP contribution < -0.4 is 4.74 Å². The van der Waals surface area contributed by atoms with Crippen LogP contribution in [0.1, 0.15) is 43.4 Å². The second-order valence-electron chi connectivity index (χ2n) is 5.73. The number of hydrogen-bond donors (Lipinski definition) is 0. The van der Waals surface area contributed by atoms with Gasteiger partial charge >= 0.3 is 0 Å². The van der Waals surface area contributed by atoms with Crippen molar-refractivity contribution in [3.8, 4) is 5.75 Å². The Morgan fingerprint density at radius 3 is 2.48 bits per heavy atom. The first kappa shape index (κ1) is 14.4. The molecule has 0 unspecified atom stereocenters. The highest BCUT2D eigenvalue weighted by Crippen LogP contribution is 2.42. The maximum atomic E-state index is 6.47. The molecule has 2 nitrogen and oxygen atoms in total. The van der Waals surface area contributed by atoms with Gasteiger partial charge in [-0.05, 0) is 38.2 Å². The summed E-state index contributed by atoms with van der Waals surface area (Å²) in [6, 6.07) is 12.4. The molecule has 1 fully saturated rings. The number of benzene rings is 1. The molecule has 0 radical (unpaired) electrons. The van der Waals surface area contributed by atoms with Crippen molar-refractivity contribution in [3.05, 3.63) is 58.9 Å². The Bertz CT molecular complexity index is 606. The summed E-state index contributed by atoms with van der Waals surface area (Å²) in [7, 11) is 0. The first-order valence-electron chi connectivity index (χ1n) is 7.57. The molecule has 1 saturated carbocycles. The molecule has 0 atom stereocenters. The number of ether oxygens (including phenoxy) is 1. The summed E-state index contributed by atoms with van der Waals surface area (Å²) in [6.07, 6.45) is 7.50. The predicted molar refractivity (Wildman–Crippen MR) is 85.8 cm³/mol. The molecule has 0 saturated heterocycles. The molecule has 1 aliphatic carbocycles. The average Bonchev–Trinajstić information content (AvgIpc) is 2.54. The number of halogens is 1. The maximum Gasteiger partial charge on any atom is 0.142 e. The number of nitrogens with zero attached hydrogens (tertiary/aromatic N) is 1. The summed E-state index contributed by atoms with van der Waals surface area (Å²) in [4.78, 5) is 4.22. The van der Waals surface area contributed by atoms with E-state index in [1.807, 2.05) is 19.1 Å². The summed E-state index contributed by atoms with van der Waals surface area (Å²) in [5.41, 5.74) is 1.81. The zero-order valence-electron chi connectivity index (χ0n) is 12.3. The van der Waals surface area contributed by atoms with E-state index in [4.69, 9.17) is 16.3 Å². The number of aryl methyl sites for hydroxylation is 1. The molecule has 0 spiro atoms. The molecule has 0 N–H and O–H groups in total. The van der Waals surface area contributed by atoms with Gasteiger partial charge in [0.25, 0.3) is 0 Å². The normalized spacial score (nSPS) is 17.4. The lowest BCUT2D eigenvalue weighted by molar-refractivity contribution is 0.0263. The third-order valence-corrected chi connectivity index (χ3v) is 4.75. The molecule has 1 heterocycles. The fourth-order valence-corrected chi connectivity index (χ4v) is 3.28. The number of pyridine rings is 1. The number of rotatable bonds is 3. The van der Waals surface area contributed by atoms with Gasteiger partial charge in [-0.2, -0.15) is 0 Å². The molecular formula is C18H20ClNO. The van der Waals surface area contributed by atoms with Crippen LogP contribution in [0.5, 0.6) is 5.75 Å². The van der Waals surface area contributed by atoms with Gasteiger partial charge in [0.05, 0.1) is 5.69 Å². The molecule has 3 heteroatoms. The van der Waals surface area contributed by atoms with Gasteiger partial charge in [0, 0.05) is 12.3 Å². The lowest BCUT2D eigenvalue weighted by atomic mass is 9.79. The van der Waals surface area contributed by atoms with Crippen LogP contribution in [0, 0.1) is 6.92 Å². The van der Waals surface area contributed by atoms with Gasteiger partial charge in [-0.25, -0.2) is 0 Å². The topological polar surface area (TPSA) is 22.1 Å². The van der Waals surface area contributed by atoms with Gasteiger partial charge in [-0.15, -0.1) is 0 Å². The van der Waals surface area contributed by atoms with E-state index < -0.39 is 0 Å². The average molecular weight is 302 g/mol. The van der Waals surface area contributed by atoms with Crippen molar-refractivity contribution in [1.82, 2.24) is 4.98 Å². The number of aromatic nitrogens is 1. The van der Waals surface area contributed by atoms with E-state index >= 15 is 0 Å². The molecule has 110 valence electrons. The van der Waals surface area contributed by atoms with Crippen molar-refractivity contribution in [2.45, 2.75) is 44.6 Å². The van der Waals surface area contributed by atoms with E-state index in [2.05, 4.69) is 29.2 Å². The van der Waals surface area contributed by atoms with Crippen molar-refractivity contribution in [3.63, 3.8) is 0 Å². The van der Waals surface area contributed by atoms with Gasteiger partial charge in [-0.3, -0.25) is 4.98 Å². The third-order valence-electron chi connectivity index (χ3n) is 4.29. The van der Waals surface area contributed by atoms with Crippen molar-refractivity contribution < 1.29 is 4.74 Å². The first-order chi connectivity index (χ1) is 10.2. The fraction of sp³-hybridized carbons (Fsp3) is 0.389. The Morgan fingerprint density at radius 2 is 1.76 bits per heavy atom. The zero-order valence-corrected chi connectivity index (χ0v) is 13.1. The Morgan fingerprint density at radius 1 is 1.05 bits per heavy atom. The Balaban J connectivity index is 1.99. The van der Waals surface area contributed by atoms with Crippen molar-refractivity contribution >= 4 is 11.6 Å². The molecular weight excluding hydrogens is 282 g/mol. The summed E-state index contributed by atoms with van der Waals surface area (Å²) in [5.74, 6) is 0.745. The highest BCUT2D eigenvalue weighted by Gasteiger charge is 2.36. The smallest absolute Gasteiger partial charge is 0.142 e. The Labute approximate surface area is 131 Å². The highest BCUT2D eigenvalue weighted by molar-refractivity contribution is 6.32. The zero-order chi connectivity index (χ0) is 14.7. The van der Waals surface area contributed by atoms with Gasteiger partial charge in [0.15, 0.2) is 0 Å². The quantitative estimate of drug-likeness (QED) is 0.769. The molecule has 1 aliphatic rings. The van der Waals surface area contributed by atoms with E-state index in [-0.39, 0.29) is 5.60 Å². The van der Waals surface area contributed by atoms with E-state index in [1.54, 1.807) is 6.20 Å². The largest absolute Gasteiger partial charge is 0.481 e. The van der Waals surface area contributed by atoms with Crippen molar-refractivity contribution in [1.29, 1.82) is 0 Å². The monoisotopic (exact) mass is 301 g/mol. The molecule has 0 aliphatic heterocycles. The molecule has 1 aromatic heterocycles. The van der Waals surface area contributed by atoms with Crippen molar-refractivity contribution in [2.24, 2.45) is 0 Å². The molecule has 0 bridgehead atoms. The summed E-state index contributed by atoms with van der Waals surface area (Å²) < 4.78 is 6.47. The summed E-state index contributed by atoms with van der Waals surface area (Å²) >= 11 is 6.37. The maximum absolute atomic E-state index is 6.47. The van der Waals surface area contributed by atoms with Crippen LogP contribution in [0.4, 0.5) is 0 Å². The fourth-order valence-electron chi connectivity index (χ4n) is 3.13. The SMILES string of the molecule is Cc1nccc(OC2(c3ccccc3)CCCCC2)c1Cl. The third kappa shape index (κ3) is 2.91. The van der Waals surface area contributed by atoms with Gasteiger partial charge in [0.2, 0.25) is 0 Å². The first-order valence-corrected chi connectivity index (χ1v) is 7.95. The van der Waals surface area contributed by atoms with E-state index in [9.17, 15) is 0 Å². The minimum atomic E-state index is -0.253. The van der Waals surface area contributed by atoms with Crippen LogP contribution in [-0.4, -0.2) is 4.98 Å². The minimum absolute atomic E-state index is 0.253. The molecule has 21 heavy (non-hydrogen) atoms. The Hall–Kier alpha value is -1.54. The standard InChI is InChI=1S/C18H20ClNO/c1-14-17(19)16(10-13-20-14)21-18(11-6-3-7-12-18)15-8-4-2-5-9-15/h2,4-5,8-10,13H,3,6-7,11-12H2,1H3. The molecule has 2 aromatic rings. The molecule has 0 amide bonds. The lowest BCUT2D eigenvalue weighted by Gasteiger charge is -2.38. The second kappa shape index (κ2) is 6.07. The Kier molecular flexibility index (Phi) is 4.16. The van der Waals surface area contributed by atoms with Gasteiger partial charge in [-0.1, -0.05) is 48.4 Å². The van der Waals surface area contributed by atoms with Crippen LogP contribution in [0.25, 0.3) is 0 Å². The van der Waals surface area contributed by atoms with Gasteiger partial charge < -0.3 is 4.74 Å². The van der Waals surface area contributed by atoms with Crippen LogP contribution in [0.3, 0.4) is 0 Å². The number of hydrogen-bond acceptors (Lipinski definition) is 2. The van der Waals surface area contributed by atoms with Crippen LogP contribution in [0.15, 0.2) is 42.6 Å². The summed E-state index contributed by atoms with van der Waals surface area (Å²) in [5, 5.41) is 0.623. The summed E-state index contributed by atoms with van der Waals surface area (Å²) in [6.45, 7) is 1.91. The van der Waals surface area contributed by atoms with Crippen LogP contribution in [0.2, 0.25) is 5.02 Å². The van der Waals surface area contributed by atoms with Crippen LogP contribution in [-0.2, 0) is 5.60 Å². The lowest BCUT2D eigenvalue weighted by Crippen LogP contribution is -2.35. The second-order valence-corrected chi connectivity index (χ2v) is 6.11. The minimum Gasteiger partial charge on any atom is -0.481 e. The van der Waals surface area contributed by atoms with E-state index in [1.165, 1.54) is 24.8 Å². The molecule has 1 aromatic carbocycles. The van der Waals surface area contributed by atoms with Gasteiger partial charge in [0.1, 0.15) is 16.4 Å². The van der Waals surface area contributed by atoms with Crippen molar-refractivity contribution in [2.75, 3.05) is 0 Å².